The van der Waals surface area contributed by atoms with Crippen LogP contribution in [0, 0.1) is 0 Å². The van der Waals surface area contributed by atoms with Crippen LogP contribution in [0.3, 0.4) is 0 Å². The Morgan fingerprint density at radius 1 is 1.15 bits per heavy atom. The number of hydrogen-bond donors (Lipinski definition) is 2. The molecule has 144 valence electrons. The van der Waals surface area contributed by atoms with Gasteiger partial charge in [-0.25, -0.2) is 4.79 Å². The van der Waals surface area contributed by atoms with Crippen molar-refractivity contribution in [3.05, 3.63) is 34.9 Å². The van der Waals surface area contributed by atoms with Crippen LogP contribution in [0.1, 0.15) is 29.6 Å². The molecule has 0 aliphatic carbocycles. The van der Waals surface area contributed by atoms with Crippen LogP contribution in [-0.2, 0) is 0 Å². The molecule has 8 heteroatoms. The highest BCUT2D eigenvalue weighted by Gasteiger charge is 2.39. The van der Waals surface area contributed by atoms with Gasteiger partial charge in [0, 0.05) is 23.7 Å². The lowest BCUT2D eigenvalue weighted by Gasteiger charge is -2.33. The second-order valence-electron chi connectivity index (χ2n) is 7.16. The highest BCUT2D eigenvalue weighted by molar-refractivity contribution is 6.30. The molecule has 1 aromatic carbocycles. The molecule has 3 heterocycles. The Kier molecular flexibility index (Phi) is 5.08. The Labute approximate surface area is 162 Å². The van der Waals surface area contributed by atoms with Gasteiger partial charge in [-0.1, -0.05) is 23.2 Å². The molecule has 2 aliphatic heterocycles. The van der Waals surface area contributed by atoms with E-state index in [0.29, 0.717) is 23.7 Å². The molecule has 27 heavy (non-hydrogen) atoms. The number of anilines is 1. The summed E-state index contributed by atoms with van der Waals surface area (Å²) in [6.45, 7) is 2.81. The van der Waals surface area contributed by atoms with Crippen molar-refractivity contribution in [3.8, 4) is 11.3 Å². The van der Waals surface area contributed by atoms with Gasteiger partial charge in [-0.2, -0.15) is 0 Å². The molecular weight excluding hydrogens is 370 g/mol. The van der Waals surface area contributed by atoms with Crippen molar-refractivity contribution < 1.29 is 19.5 Å². The normalized spacial score (nSPS) is 23.7. The Hall–Kier alpha value is -2.09. The lowest BCUT2D eigenvalue weighted by molar-refractivity contribution is 0.0696. The van der Waals surface area contributed by atoms with Crippen molar-refractivity contribution in [1.82, 2.24) is 10.1 Å². The lowest BCUT2D eigenvalue weighted by Crippen LogP contribution is -2.45. The van der Waals surface area contributed by atoms with E-state index in [2.05, 4.69) is 10.1 Å². The third-order valence-corrected chi connectivity index (χ3v) is 5.66. The monoisotopic (exact) mass is 391 g/mol. The Bertz CT molecular complexity index is 817. The van der Waals surface area contributed by atoms with Crippen LogP contribution in [0.25, 0.3) is 11.3 Å². The smallest absolute Gasteiger partial charge is 0.343 e. The molecule has 7 nitrogen and oxygen atoms in total. The average molecular weight is 392 g/mol. The van der Waals surface area contributed by atoms with Gasteiger partial charge in [0.2, 0.25) is 0 Å². The summed E-state index contributed by atoms with van der Waals surface area (Å²) in [5, 5.41) is 24.9. The SMILES string of the molecule is O=C(O)c1c(N2C[C@H](O)[C@@H](N3CCCCC3)C2)noc1-c1ccc(Cl)cc1. The number of aliphatic hydroxyl groups excluding tert-OH is 1. The molecule has 0 amide bonds. The third-order valence-electron chi connectivity index (χ3n) is 5.41. The Balaban J connectivity index is 1.62. The van der Waals surface area contributed by atoms with Gasteiger partial charge in [0.15, 0.2) is 17.1 Å². The Morgan fingerprint density at radius 2 is 1.85 bits per heavy atom. The summed E-state index contributed by atoms with van der Waals surface area (Å²) in [5.41, 5.74) is 0.617. The van der Waals surface area contributed by atoms with Crippen molar-refractivity contribution in [2.24, 2.45) is 0 Å². The second kappa shape index (κ2) is 7.50. The van der Waals surface area contributed by atoms with Crippen molar-refractivity contribution in [2.75, 3.05) is 31.1 Å². The van der Waals surface area contributed by atoms with Gasteiger partial charge in [-0.15, -0.1) is 0 Å². The molecule has 0 radical (unpaired) electrons. The van der Waals surface area contributed by atoms with Crippen LogP contribution in [0.4, 0.5) is 5.82 Å². The maximum Gasteiger partial charge on any atom is 0.343 e. The van der Waals surface area contributed by atoms with E-state index in [1.54, 1.807) is 24.3 Å². The summed E-state index contributed by atoms with van der Waals surface area (Å²) in [5.74, 6) is -0.636. The molecular formula is C19H22ClN3O4. The van der Waals surface area contributed by atoms with Gasteiger partial charge in [-0.05, 0) is 50.2 Å². The predicted molar refractivity (Wildman–Crippen MR) is 101 cm³/mol. The Morgan fingerprint density at radius 3 is 2.52 bits per heavy atom. The average Bonchev–Trinajstić information content (AvgIpc) is 3.27. The van der Waals surface area contributed by atoms with Crippen LogP contribution in [-0.4, -0.2) is 64.6 Å². The maximum absolute atomic E-state index is 11.9. The molecule has 2 aliphatic rings. The quantitative estimate of drug-likeness (QED) is 0.828. The third kappa shape index (κ3) is 3.54. The van der Waals surface area contributed by atoms with E-state index in [-0.39, 0.29) is 23.2 Å². The molecule has 2 atom stereocenters. The lowest BCUT2D eigenvalue weighted by atomic mass is 10.1. The van der Waals surface area contributed by atoms with E-state index in [1.807, 2.05) is 4.90 Å². The second-order valence-corrected chi connectivity index (χ2v) is 7.60. The van der Waals surface area contributed by atoms with Gasteiger partial charge in [0.1, 0.15) is 0 Å². The molecule has 0 spiro atoms. The number of benzene rings is 1. The summed E-state index contributed by atoms with van der Waals surface area (Å²) >= 11 is 5.91. The minimum absolute atomic E-state index is 0.0115. The summed E-state index contributed by atoms with van der Waals surface area (Å²) in [4.78, 5) is 16.1. The fourth-order valence-corrected chi connectivity index (χ4v) is 4.17. The van der Waals surface area contributed by atoms with E-state index in [1.165, 1.54) is 6.42 Å². The summed E-state index contributed by atoms with van der Waals surface area (Å²) in [7, 11) is 0. The highest BCUT2D eigenvalue weighted by Crippen LogP contribution is 2.34. The first-order chi connectivity index (χ1) is 13.0. The topological polar surface area (TPSA) is 90.0 Å². The van der Waals surface area contributed by atoms with Gasteiger partial charge >= 0.3 is 5.97 Å². The first-order valence-corrected chi connectivity index (χ1v) is 9.58. The number of hydrogen-bond acceptors (Lipinski definition) is 6. The highest BCUT2D eigenvalue weighted by atomic mass is 35.5. The summed E-state index contributed by atoms with van der Waals surface area (Å²) < 4.78 is 5.40. The standard InChI is InChI=1S/C19H22ClN3O4/c20-13-6-4-12(5-7-13)17-16(19(25)26)18(21-27-17)23-10-14(15(24)11-23)22-8-2-1-3-9-22/h4-7,14-15,24H,1-3,8-11H2,(H,25,26)/t14-,15-/m0/s1. The largest absolute Gasteiger partial charge is 0.477 e. The number of carbonyl (C=O) groups is 1. The minimum atomic E-state index is -1.10. The van der Waals surface area contributed by atoms with E-state index < -0.39 is 12.1 Å². The zero-order valence-electron chi connectivity index (χ0n) is 14.8. The van der Waals surface area contributed by atoms with Gasteiger partial charge < -0.3 is 19.6 Å². The first-order valence-electron chi connectivity index (χ1n) is 9.20. The van der Waals surface area contributed by atoms with Crippen molar-refractivity contribution >= 4 is 23.4 Å². The fourth-order valence-electron chi connectivity index (χ4n) is 4.04. The van der Waals surface area contributed by atoms with Crippen molar-refractivity contribution in [1.29, 1.82) is 0 Å². The van der Waals surface area contributed by atoms with Gasteiger partial charge in [0.05, 0.1) is 12.1 Å². The molecule has 4 rings (SSSR count). The number of aliphatic hydroxyl groups is 1. The van der Waals surface area contributed by atoms with Crippen LogP contribution < -0.4 is 4.90 Å². The number of aromatic nitrogens is 1. The molecule has 0 bridgehead atoms. The van der Waals surface area contributed by atoms with Gasteiger partial charge in [0.25, 0.3) is 0 Å². The molecule has 0 saturated carbocycles. The molecule has 2 fully saturated rings. The number of piperidine rings is 1. The van der Waals surface area contributed by atoms with E-state index in [9.17, 15) is 15.0 Å². The first kappa shape index (κ1) is 18.3. The van der Waals surface area contributed by atoms with Crippen LogP contribution in [0.15, 0.2) is 28.8 Å². The van der Waals surface area contributed by atoms with Crippen LogP contribution >= 0.6 is 11.6 Å². The number of β-amino-alcohol motifs (C(OH)–C–C–N with tert-alkyl or cyclic N) is 1. The summed E-state index contributed by atoms with van der Waals surface area (Å²) in [6, 6.07) is 6.75. The number of nitrogens with zero attached hydrogens (tertiary/aromatic N) is 3. The maximum atomic E-state index is 11.9. The minimum Gasteiger partial charge on any atom is -0.477 e. The number of halogens is 1. The zero-order chi connectivity index (χ0) is 19.0. The predicted octanol–water partition coefficient (Wildman–Crippen LogP) is 2.73. The van der Waals surface area contributed by atoms with Crippen LogP contribution in [0.5, 0.6) is 0 Å². The number of aromatic carboxylic acids is 1. The molecule has 0 unspecified atom stereocenters. The number of carboxylic acids is 1. The van der Waals surface area contributed by atoms with E-state index in [4.69, 9.17) is 16.1 Å². The number of carboxylic acid groups (broad SMARTS) is 1. The molecule has 1 aromatic heterocycles. The van der Waals surface area contributed by atoms with Crippen molar-refractivity contribution in [3.63, 3.8) is 0 Å². The molecule has 2 aromatic rings. The van der Waals surface area contributed by atoms with E-state index in [0.717, 1.165) is 25.9 Å². The molecule has 2 saturated heterocycles. The van der Waals surface area contributed by atoms with E-state index >= 15 is 0 Å². The van der Waals surface area contributed by atoms with Crippen LogP contribution in [0.2, 0.25) is 5.02 Å². The number of rotatable bonds is 4. The van der Waals surface area contributed by atoms with Crippen molar-refractivity contribution in [2.45, 2.75) is 31.4 Å². The number of likely N-dealkylation sites (tertiary alicyclic amines) is 1. The fraction of sp³-hybridized carbons (Fsp3) is 0.474. The van der Waals surface area contributed by atoms with Gasteiger partial charge in [-0.3, -0.25) is 4.90 Å². The molecule has 2 N–H and O–H groups in total. The summed E-state index contributed by atoms with van der Waals surface area (Å²) in [6.07, 6.45) is 2.95. The zero-order valence-corrected chi connectivity index (χ0v) is 15.6.